The molecule has 2 atom stereocenters. The molecule has 1 saturated heterocycles. The monoisotopic (exact) mass is 318 g/mol. The molecule has 1 amide bonds. The number of amides is 1. The highest BCUT2D eigenvalue weighted by Gasteiger charge is 2.22. The minimum Gasteiger partial charge on any atom is -0.353 e. The molecule has 5 nitrogen and oxygen atoms in total. The number of benzene rings is 1. The maximum absolute atomic E-state index is 12.3. The summed E-state index contributed by atoms with van der Waals surface area (Å²) in [5.41, 5.74) is 8.08. The Kier molecular flexibility index (Phi) is 6.57. The molecule has 1 aromatic rings. The molecule has 1 heterocycles. The van der Waals surface area contributed by atoms with Crippen molar-refractivity contribution in [3.05, 3.63) is 35.4 Å². The van der Waals surface area contributed by atoms with Gasteiger partial charge in [-0.1, -0.05) is 36.8 Å². The summed E-state index contributed by atoms with van der Waals surface area (Å²) >= 11 is 0. The first kappa shape index (κ1) is 17.9. The number of carbonyl (C=O) groups excluding carboxylic acids is 1. The van der Waals surface area contributed by atoms with Crippen LogP contribution in [0.25, 0.3) is 0 Å². The Labute approximate surface area is 139 Å². The second kappa shape index (κ2) is 8.43. The van der Waals surface area contributed by atoms with Gasteiger partial charge >= 0.3 is 0 Å². The number of carbonyl (C=O) groups is 1. The molecule has 1 aliphatic rings. The Bertz CT molecular complexity index is 494. The molecule has 1 aliphatic heterocycles. The highest BCUT2D eigenvalue weighted by molar-refractivity contribution is 5.82. The molecule has 0 aromatic heterocycles. The van der Waals surface area contributed by atoms with Crippen LogP contribution in [-0.2, 0) is 4.79 Å². The topological polar surface area (TPSA) is 61.6 Å². The first-order valence-corrected chi connectivity index (χ1v) is 8.57. The molecular formula is C18H30N4O. The fourth-order valence-electron chi connectivity index (χ4n) is 2.93. The van der Waals surface area contributed by atoms with Gasteiger partial charge in [-0.25, -0.2) is 0 Å². The highest BCUT2D eigenvalue weighted by Crippen LogP contribution is 2.12. The first-order valence-electron chi connectivity index (χ1n) is 8.57. The quantitative estimate of drug-likeness (QED) is 0.826. The van der Waals surface area contributed by atoms with Crippen molar-refractivity contribution in [2.45, 2.75) is 32.9 Å². The standard InChI is InChI=1S/C18H30N4O/c1-4-21-9-11-22(12-10-21)15(3)13-20-18(23)17(19)16-7-5-14(2)6-8-16/h5-8,15,17H,4,9-13,19H2,1-3H3,(H,20,23). The van der Waals surface area contributed by atoms with Crippen molar-refractivity contribution >= 4 is 5.91 Å². The molecule has 1 fully saturated rings. The second-order valence-electron chi connectivity index (χ2n) is 6.45. The highest BCUT2D eigenvalue weighted by atomic mass is 16.2. The van der Waals surface area contributed by atoms with E-state index in [0.29, 0.717) is 12.6 Å². The van der Waals surface area contributed by atoms with Crippen molar-refractivity contribution in [2.24, 2.45) is 5.73 Å². The van der Waals surface area contributed by atoms with E-state index in [0.717, 1.165) is 38.3 Å². The lowest BCUT2D eigenvalue weighted by Crippen LogP contribution is -2.52. The molecule has 5 heteroatoms. The lowest BCUT2D eigenvalue weighted by Gasteiger charge is -2.37. The van der Waals surface area contributed by atoms with E-state index in [1.807, 2.05) is 31.2 Å². The minimum atomic E-state index is -0.597. The Morgan fingerprint density at radius 1 is 1.22 bits per heavy atom. The van der Waals surface area contributed by atoms with Crippen LogP contribution in [0.1, 0.15) is 31.0 Å². The van der Waals surface area contributed by atoms with Crippen molar-refractivity contribution in [1.29, 1.82) is 0 Å². The summed E-state index contributed by atoms with van der Waals surface area (Å²) < 4.78 is 0. The van der Waals surface area contributed by atoms with Crippen molar-refractivity contribution in [1.82, 2.24) is 15.1 Å². The number of likely N-dealkylation sites (N-methyl/N-ethyl adjacent to an activating group) is 1. The zero-order chi connectivity index (χ0) is 16.8. The second-order valence-corrected chi connectivity index (χ2v) is 6.45. The van der Waals surface area contributed by atoms with Gasteiger partial charge in [-0.2, -0.15) is 0 Å². The van der Waals surface area contributed by atoms with Gasteiger partial charge in [0.1, 0.15) is 6.04 Å². The largest absolute Gasteiger partial charge is 0.353 e. The van der Waals surface area contributed by atoms with E-state index in [4.69, 9.17) is 5.73 Å². The van der Waals surface area contributed by atoms with Gasteiger partial charge in [0.05, 0.1) is 0 Å². The van der Waals surface area contributed by atoms with Crippen LogP contribution in [0.4, 0.5) is 0 Å². The molecule has 23 heavy (non-hydrogen) atoms. The zero-order valence-electron chi connectivity index (χ0n) is 14.6. The van der Waals surface area contributed by atoms with E-state index in [1.165, 1.54) is 5.56 Å². The number of nitrogens with zero attached hydrogens (tertiary/aromatic N) is 2. The molecule has 0 bridgehead atoms. The third-order valence-corrected chi connectivity index (χ3v) is 4.77. The number of hydrogen-bond acceptors (Lipinski definition) is 4. The number of piperazine rings is 1. The van der Waals surface area contributed by atoms with Gasteiger partial charge in [0.25, 0.3) is 0 Å². The average molecular weight is 318 g/mol. The molecule has 2 unspecified atom stereocenters. The first-order chi connectivity index (χ1) is 11.0. The maximum atomic E-state index is 12.3. The molecule has 0 spiro atoms. The smallest absolute Gasteiger partial charge is 0.241 e. The molecule has 2 rings (SSSR count). The van der Waals surface area contributed by atoms with Crippen LogP contribution in [0, 0.1) is 6.92 Å². The van der Waals surface area contributed by atoms with E-state index < -0.39 is 6.04 Å². The summed E-state index contributed by atoms with van der Waals surface area (Å²) in [5.74, 6) is -0.104. The average Bonchev–Trinajstić information content (AvgIpc) is 2.59. The number of hydrogen-bond donors (Lipinski definition) is 2. The van der Waals surface area contributed by atoms with Gasteiger partial charge in [0.15, 0.2) is 0 Å². The van der Waals surface area contributed by atoms with Crippen LogP contribution in [-0.4, -0.2) is 61.0 Å². The van der Waals surface area contributed by atoms with Gasteiger partial charge in [0, 0.05) is 38.8 Å². The normalized spacial score (nSPS) is 19.3. The van der Waals surface area contributed by atoms with Crippen LogP contribution in [0.5, 0.6) is 0 Å². The van der Waals surface area contributed by atoms with Gasteiger partial charge in [-0.3, -0.25) is 9.69 Å². The Hall–Kier alpha value is -1.43. The number of nitrogens with two attached hydrogens (primary N) is 1. The van der Waals surface area contributed by atoms with Gasteiger partial charge in [0.2, 0.25) is 5.91 Å². The van der Waals surface area contributed by atoms with Crippen LogP contribution in [0.2, 0.25) is 0 Å². The maximum Gasteiger partial charge on any atom is 0.241 e. The van der Waals surface area contributed by atoms with Gasteiger partial charge in [-0.05, 0) is 26.0 Å². The summed E-state index contributed by atoms with van der Waals surface area (Å²) in [7, 11) is 0. The van der Waals surface area contributed by atoms with E-state index in [-0.39, 0.29) is 5.91 Å². The van der Waals surface area contributed by atoms with Gasteiger partial charge in [-0.15, -0.1) is 0 Å². The zero-order valence-corrected chi connectivity index (χ0v) is 14.6. The molecule has 0 saturated carbocycles. The predicted octanol–water partition coefficient (Wildman–Crippen LogP) is 1.14. The van der Waals surface area contributed by atoms with E-state index >= 15 is 0 Å². The summed E-state index contributed by atoms with van der Waals surface area (Å²) in [6.45, 7) is 12.5. The molecule has 1 aromatic carbocycles. The molecular weight excluding hydrogens is 288 g/mol. The Morgan fingerprint density at radius 3 is 2.39 bits per heavy atom. The fourth-order valence-corrected chi connectivity index (χ4v) is 2.93. The summed E-state index contributed by atoms with van der Waals surface area (Å²) in [5, 5.41) is 3.00. The number of nitrogens with one attached hydrogen (secondary N) is 1. The van der Waals surface area contributed by atoms with Crippen LogP contribution in [0.15, 0.2) is 24.3 Å². The molecule has 3 N–H and O–H groups in total. The third kappa shape index (κ3) is 5.03. The number of rotatable bonds is 6. The molecule has 0 radical (unpaired) electrons. The summed E-state index contributed by atoms with van der Waals surface area (Å²) in [4.78, 5) is 17.1. The SMILES string of the molecule is CCN1CCN(C(C)CNC(=O)C(N)c2ccc(C)cc2)CC1. The van der Waals surface area contributed by atoms with Crippen molar-refractivity contribution in [3.8, 4) is 0 Å². The Morgan fingerprint density at radius 2 is 1.83 bits per heavy atom. The molecule has 0 aliphatic carbocycles. The van der Waals surface area contributed by atoms with Crippen molar-refractivity contribution in [3.63, 3.8) is 0 Å². The lowest BCUT2D eigenvalue weighted by molar-refractivity contribution is -0.122. The van der Waals surface area contributed by atoms with Crippen LogP contribution < -0.4 is 11.1 Å². The van der Waals surface area contributed by atoms with Crippen molar-refractivity contribution < 1.29 is 4.79 Å². The van der Waals surface area contributed by atoms with Crippen LogP contribution in [0.3, 0.4) is 0 Å². The van der Waals surface area contributed by atoms with E-state index in [2.05, 4.69) is 29.0 Å². The number of aryl methyl sites for hydroxylation is 1. The minimum absolute atomic E-state index is 0.104. The summed E-state index contributed by atoms with van der Waals surface area (Å²) in [6, 6.07) is 7.55. The van der Waals surface area contributed by atoms with Crippen LogP contribution >= 0.6 is 0 Å². The lowest BCUT2D eigenvalue weighted by atomic mass is 10.1. The van der Waals surface area contributed by atoms with E-state index in [9.17, 15) is 4.79 Å². The van der Waals surface area contributed by atoms with Crippen molar-refractivity contribution in [2.75, 3.05) is 39.3 Å². The summed E-state index contributed by atoms with van der Waals surface area (Å²) in [6.07, 6.45) is 0. The molecule has 128 valence electrons. The van der Waals surface area contributed by atoms with Gasteiger partial charge < -0.3 is 16.0 Å². The Balaban J connectivity index is 1.78. The van der Waals surface area contributed by atoms with E-state index in [1.54, 1.807) is 0 Å². The predicted molar refractivity (Wildman–Crippen MR) is 94.3 cm³/mol. The fraction of sp³-hybridized carbons (Fsp3) is 0.611. The third-order valence-electron chi connectivity index (χ3n) is 4.77.